The molecule has 1 aromatic carbocycles. The van der Waals surface area contributed by atoms with Crippen LogP contribution >= 0.6 is 11.6 Å². The van der Waals surface area contributed by atoms with Crippen LogP contribution in [0, 0.1) is 5.82 Å². The van der Waals surface area contributed by atoms with Crippen LogP contribution in [0.4, 0.5) is 4.39 Å². The summed E-state index contributed by atoms with van der Waals surface area (Å²) in [4.78, 5) is 0. The predicted molar refractivity (Wildman–Crippen MR) is 78.5 cm³/mol. The maximum absolute atomic E-state index is 12.8. The van der Waals surface area contributed by atoms with Gasteiger partial charge in [-0.15, -0.1) is 0 Å². The van der Waals surface area contributed by atoms with E-state index in [4.69, 9.17) is 16.3 Å². The van der Waals surface area contributed by atoms with Crippen LogP contribution in [0.5, 0.6) is 5.75 Å². The standard InChI is InChI=1S/C15H23ClFNO/c1-2-9-18-10-5-3-4-6-11-19-15-8-7-13(17)12-14(15)16/h7-8,12,18H,2-6,9-11H2,1H3. The van der Waals surface area contributed by atoms with Gasteiger partial charge in [-0.05, 0) is 50.6 Å². The van der Waals surface area contributed by atoms with E-state index >= 15 is 0 Å². The first-order valence-electron chi connectivity index (χ1n) is 7.02. The molecule has 0 heterocycles. The zero-order valence-electron chi connectivity index (χ0n) is 11.6. The zero-order valence-corrected chi connectivity index (χ0v) is 12.3. The fraction of sp³-hybridized carbons (Fsp3) is 0.600. The van der Waals surface area contributed by atoms with Crippen molar-refractivity contribution in [2.24, 2.45) is 0 Å². The topological polar surface area (TPSA) is 21.3 Å². The number of nitrogens with one attached hydrogen (secondary N) is 1. The minimum atomic E-state index is -0.336. The molecule has 1 N–H and O–H groups in total. The molecule has 1 aromatic rings. The molecule has 19 heavy (non-hydrogen) atoms. The third-order valence-electron chi connectivity index (χ3n) is 2.83. The first kappa shape index (κ1) is 16.3. The Morgan fingerprint density at radius 2 is 1.95 bits per heavy atom. The van der Waals surface area contributed by atoms with Crippen molar-refractivity contribution < 1.29 is 9.13 Å². The van der Waals surface area contributed by atoms with Gasteiger partial charge in [0.2, 0.25) is 0 Å². The van der Waals surface area contributed by atoms with Crippen LogP contribution in [0.3, 0.4) is 0 Å². The Labute approximate surface area is 120 Å². The van der Waals surface area contributed by atoms with Crippen LogP contribution in [0.2, 0.25) is 5.02 Å². The number of rotatable bonds is 10. The molecule has 0 aromatic heterocycles. The lowest BCUT2D eigenvalue weighted by atomic mass is 10.2. The van der Waals surface area contributed by atoms with E-state index in [2.05, 4.69) is 12.2 Å². The van der Waals surface area contributed by atoms with Gasteiger partial charge < -0.3 is 10.1 Å². The molecule has 2 nitrogen and oxygen atoms in total. The van der Waals surface area contributed by atoms with Crippen molar-refractivity contribution in [2.45, 2.75) is 39.0 Å². The highest BCUT2D eigenvalue weighted by Gasteiger charge is 2.02. The van der Waals surface area contributed by atoms with Crippen LogP contribution in [-0.4, -0.2) is 19.7 Å². The number of hydrogen-bond acceptors (Lipinski definition) is 2. The molecule has 108 valence electrons. The Morgan fingerprint density at radius 3 is 2.68 bits per heavy atom. The number of hydrogen-bond donors (Lipinski definition) is 1. The molecule has 0 saturated carbocycles. The van der Waals surface area contributed by atoms with Crippen LogP contribution in [0.15, 0.2) is 18.2 Å². The van der Waals surface area contributed by atoms with Gasteiger partial charge in [0.1, 0.15) is 11.6 Å². The van der Waals surface area contributed by atoms with E-state index in [0.29, 0.717) is 17.4 Å². The number of halogens is 2. The van der Waals surface area contributed by atoms with Crippen LogP contribution in [-0.2, 0) is 0 Å². The number of unbranched alkanes of at least 4 members (excludes halogenated alkanes) is 3. The summed E-state index contributed by atoms with van der Waals surface area (Å²) >= 11 is 5.87. The molecule has 0 aliphatic carbocycles. The van der Waals surface area contributed by atoms with Crippen molar-refractivity contribution in [2.75, 3.05) is 19.7 Å². The lowest BCUT2D eigenvalue weighted by molar-refractivity contribution is 0.304. The lowest BCUT2D eigenvalue weighted by Gasteiger charge is -2.08. The molecule has 0 bridgehead atoms. The van der Waals surface area contributed by atoms with E-state index in [1.165, 1.54) is 31.4 Å². The van der Waals surface area contributed by atoms with Crippen LogP contribution in [0.1, 0.15) is 39.0 Å². The Hall–Kier alpha value is -0.800. The fourth-order valence-corrected chi connectivity index (χ4v) is 2.00. The quantitative estimate of drug-likeness (QED) is 0.643. The van der Waals surface area contributed by atoms with Gasteiger partial charge >= 0.3 is 0 Å². The maximum Gasteiger partial charge on any atom is 0.138 e. The first-order valence-corrected chi connectivity index (χ1v) is 7.40. The highest BCUT2D eigenvalue weighted by atomic mass is 35.5. The molecular weight excluding hydrogens is 265 g/mol. The van der Waals surface area contributed by atoms with Gasteiger partial charge in [0.15, 0.2) is 0 Å². The van der Waals surface area contributed by atoms with Gasteiger partial charge in [-0.2, -0.15) is 0 Å². The second-order valence-electron chi connectivity index (χ2n) is 4.59. The second kappa shape index (κ2) is 10.0. The average Bonchev–Trinajstić information content (AvgIpc) is 2.39. The first-order chi connectivity index (χ1) is 9.24. The molecule has 0 aliphatic rings. The number of ether oxygens (including phenoxy) is 1. The molecule has 0 spiro atoms. The lowest BCUT2D eigenvalue weighted by Crippen LogP contribution is -2.15. The van der Waals surface area contributed by atoms with Crippen molar-refractivity contribution in [1.29, 1.82) is 0 Å². The third kappa shape index (κ3) is 7.38. The monoisotopic (exact) mass is 287 g/mol. The summed E-state index contributed by atoms with van der Waals surface area (Å²) in [5.41, 5.74) is 0. The van der Waals surface area contributed by atoms with E-state index < -0.39 is 0 Å². The summed E-state index contributed by atoms with van der Waals surface area (Å²) in [7, 11) is 0. The van der Waals surface area contributed by atoms with Gasteiger partial charge in [0, 0.05) is 0 Å². The summed E-state index contributed by atoms with van der Waals surface area (Å²) in [5.74, 6) is 0.226. The summed E-state index contributed by atoms with van der Waals surface area (Å²) in [5, 5.41) is 3.72. The van der Waals surface area contributed by atoms with Crippen molar-refractivity contribution in [3.8, 4) is 5.75 Å². The average molecular weight is 288 g/mol. The molecule has 0 fully saturated rings. The molecule has 0 unspecified atom stereocenters. The molecule has 0 saturated heterocycles. The van der Waals surface area contributed by atoms with E-state index in [0.717, 1.165) is 25.9 Å². The minimum absolute atomic E-state index is 0.336. The molecular formula is C15H23ClFNO. The SMILES string of the molecule is CCCNCCCCCCOc1ccc(F)cc1Cl. The van der Waals surface area contributed by atoms with Crippen molar-refractivity contribution in [1.82, 2.24) is 5.32 Å². The van der Waals surface area contributed by atoms with E-state index in [-0.39, 0.29) is 5.82 Å². The van der Waals surface area contributed by atoms with Gasteiger partial charge in [0.05, 0.1) is 11.6 Å². The molecule has 0 amide bonds. The minimum Gasteiger partial charge on any atom is -0.492 e. The highest BCUT2D eigenvalue weighted by Crippen LogP contribution is 2.24. The predicted octanol–water partition coefficient (Wildman–Crippen LogP) is 4.42. The van der Waals surface area contributed by atoms with Crippen LogP contribution < -0.4 is 10.1 Å². The maximum atomic E-state index is 12.8. The zero-order chi connectivity index (χ0) is 13.9. The summed E-state index contributed by atoms with van der Waals surface area (Å²) in [6.07, 6.45) is 5.74. The van der Waals surface area contributed by atoms with Gasteiger partial charge in [-0.1, -0.05) is 31.4 Å². The Bertz CT molecular complexity index is 360. The van der Waals surface area contributed by atoms with Crippen LogP contribution in [0.25, 0.3) is 0 Å². The molecule has 0 atom stereocenters. The van der Waals surface area contributed by atoms with E-state index in [9.17, 15) is 4.39 Å². The van der Waals surface area contributed by atoms with Gasteiger partial charge in [-0.3, -0.25) is 0 Å². The largest absolute Gasteiger partial charge is 0.492 e. The number of benzene rings is 1. The summed E-state index contributed by atoms with van der Waals surface area (Å²) in [6, 6.07) is 4.21. The van der Waals surface area contributed by atoms with Crippen molar-refractivity contribution >= 4 is 11.6 Å². The molecule has 0 radical (unpaired) electrons. The molecule has 0 aliphatic heterocycles. The smallest absolute Gasteiger partial charge is 0.138 e. The summed E-state index contributed by atoms with van der Waals surface area (Å²) in [6.45, 7) is 5.00. The highest BCUT2D eigenvalue weighted by molar-refractivity contribution is 6.32. The molecule has 4 heteroatoms. The van der Waals surface area contributed by atoms with Crippen molar-refractivity contribution in [3.63, 3.8) is 0 Å². The third-order valence-corrected chi connectivity index (χ3v) is 3.12. The van der Waals surface area contributed by atoms with Crippen molar-refractivity contribution in [3.05, 3.63) is 29.0 Å². The Morgan fingerprint density at radius 1 is 1.16 bits per heavy atom. The Kier molecular flexibility index (Phi) is 8.59. The normalized spacial score (nSPS) is 10.7. The fourth-order valence-electron chi connectivity index (χ4n) is 1.78. The summed E-state index contributed by atoms with van der Waals surface area (Å²) < 4.78 is 18.3. The van der Waals surface area contributed by atoms with E-state index in [1.807, 2.05) is 0 Å². The molecule has 1 rings (SSSR count). The Balaban J connectivity index is 2.01. The second-order valence-corrected chi connectivity index (χ2v) is 4.99. The van der Waals surface area contributed by atoms with Gasteiger partial charge in [-0.25, -0.2) is 4.39 Å². The van der Waals surface area contributed by atoms with E-state index in [1.54, 1.807) is 6.07 Å². The van der Waals surface area contributed by atoms with Gasteiger partial charge in [0.25, 0.3) is 0 Å².